The second-order valence-corrected chi connectivity index (χ2v) is 7.83. The molecule has 134 valence electrons. The van der Waals surface area contributed by atoms with E-state index in [1.807, 2.05) is 29.2 Å². The van der Waals surface area contributed by atoms with Crippen molar-refractivity contribution in [2.24, 2.45) is 0 Å². The number of hydrogen-bond acceptors (Lipinski definition) is 3. The Morgan fingerprint density at radius 3 is 2.65 bits per heavy atom. The van der Waals surface area contributed by atoms with Crippen LogP contribution in [0.4, 0.5) is 4.39 Å². The number of hydrogen-bond donors (Lipinski definition) is 0. The molecular weight excluding hydrogens is 373 g/mol. The second-order valence-electron chi connectivity index (χ2n) is 6.40. The number of methoxy groups -OCH3 is 1. The van der Waals surface area contributed by atoms with E-state index in [0.717, 1.165) is 29.5 Å². The molecule has 0 spiro atoms. The van der Waals surface area contributed by atoms with Crippen molar-refractivity contribution in [1.29, 1.82) is 0 Å². The van der Waals surface area contributed by atoms with Gasteiger partial charge in [-0.15, -0.1) is 11.3 Å². The molecule has 0 atom stereocenters. The molecule has 1 saturated carbocycles. The molecule has 0 saturated heterocycles. The van der Waals surface area contributed by atoms with Crippen LogP contribution in [0.1, 0.15) is 28.1 Å². The monoisotopic (exact) mass is 389 g/mol. The zero-order valence-electron chi connectivity index (χ0n) is 14.2. The Bertz CT molecular complexity index is 966. The molecule has 0 radical (unpaired) electrons. The number of carbonyl (C=O) groups excluding carboxylic acids is 1. The molecule has 1 aromatic heterocycles. The van der Waals surface area contributed by atoms with Crippen molar-refractivity contribution in [3.8, 4) is 5.75 Å². The van der Waals surface area contributed by atoms with Crippen LogP contribution in [-0.4, -0.2) is 24.0 Å². The average Bonchev–Trinajstić information content (AvgIpc) is 3.44. The fraction of sp³-hybridized carbons (Fsp3) is 0.250. The third kappa shape index (κ3) is 3.29. The summed E-state index contributed by atoms with van der Waals surface area (Å²) in [5, 5.41) is 1.14. The average molecular weight is 390 g/mol. The quantitative estimate of drug-likeness (QED) is 0.576. The third-order valence-electron chi connectivity index (χ3n) is 4.55. The first-order valence-electron chi connectivity index (χ1n) is 8.38. The van der Waals surface area contributed by atoms with E-state index in [2.05, 4.69) is 0 Å². The molecule has 0 N–H and O–H groups in total. The number of fused-ring (bicyclic) bond motifs is 1. The van der Waals surface area contributed by atoms with Crippen LogP contribution >= 0.6 is 22.9 Å². The van der Waals surface area contributed by atoms with Gasteiger partial charge in [0.05, 0.1) is 12.1 Å². The van der Waals surface area contributed by atoms with Crippen molar-refractivity contribution >= 4 is 38.9 Å². The summed E-state index contributed by atoms with van der Waals surface area (Å²) < 4.78 is 19.4. The molecule has 1 fully saturated rings. The van der Waals surface area contributed by atoms with Gasteiger partial charge in [0.15, 0.2) is 0 Å². The van der Waals surface area contributed by atoms with Gasteiger partial charge in [0.25, 0.3) is 5.91 Å². The smallest absolute Gasteiger partial charge is 0.266 e. The van der Waals surface area contributed by atoms with E-state index >= 15 is 0 Å². The van der Waals surface area contributed by atoms with Crippen molar-refractivity contribution in [1.82, 2.24) is 4.90 Å². The number of halogens is 2. The van der Waals surface area contributed by atoms with Crippen LogP contribution in [0.25, 0.3) is 10.1 Å². The summed E-state index contributed by atoms with van der Waals surface area (Å²) in [6, 6.07) is 12.4. The minimum Gasteiger partial charge on any atom is -0.497 e. The lowest BCUT2D eigenvalue weighted by Crippen LogP contribution is -2.32. The van der Waals surface area contributed by atoms with Crippen LogP contribution in [0.3, 0.4) is 0 Å². The fourth-order valence-electron chi connectivity index (χ4n) is 2.99. The van der Waals surface area contributed by atoms with Crippen LogP contribution in [0.15, 0.2) is 42.5 Å². The van der Waals surface area contributed by atoms with Crippen molar-refractivity contribution in [2.75, 3.05) is 7.11 Å². The highest BCUT2D eigenvalue weighted by Gasteiger charge is 2.34. The van der Waals surface area contributed by atoms with Crippen LogP contribution in [0.2, 0.25) is 5.02 Å². The first-order valence-corrected chi connectivity index (χ1v) is 9.57. The van der Waals surface area contributed by atoms with Gasteiger partial charge in [-0.2, -0.15) is 0 Å². The van der Waals surface area contributed by atoms with E-state index < -0.39 is 0 Å². The molecule has 26 heavy (non-hydrogen) atoms. The number of benzene rings is 2. The van der Waals surface area contributed by atoms with Crippen molar-refractivity contribution in [3.63, 3.8) is 0 Å². The van der Waals surface area contributed by atoms with Gasteiger partial charge < -0.3 is 9.64 Å². The minimum absolute atomic E-state index is 0.0880. The largest absolute Gasteiger partial charge is 0.497 e. The number of rotatable bonds is 5. The van der Waals surface area contributed by atoms with Gasteiger partial charge in [-0.05, 0) is 48.7 Å². The normalized spacial score (nSPS) is 13.8. The Morgan fingerprint density at radius 1 is 1.27 bits per heavy atom. The first kappa shape index (κ1) is 17.3. The standard InChI is InChI=1S/C20H17ClFNO2S/c1-25-15-7-2-12(3-8-15)11-23(14-5-6-14)20(24)19-18(21)16-9-4-13(22)10-17(16)26-19/h2-4,7-10,14H,5-6,11H2,1H3. The van der Waals surface area contributed by atoms with Crippen LogP contribution in [0, 0.1) is 5.82 Å². The van der Waals surface area contributed by atoms with Crippen molar-refractivity contribution in [3.05, 3.63) is 63.7 Å². The lowest BCUT2D eigenvalue weighted by atomic mass is 10.2. The molecule has 2 aromatic carbocycles. The van der Waals surface area contributed by atoms with E-state index in [1.54, 1.807) is 13.2 Å². The summed E-state index contributed by atoms with van der Waals surface area (Å²) in [5.41, 5.74) is 1.04. The SMILES string of the molecule is COc1ccc(CN(C(=O)c2sc3cc(F)ccc3c2Cl)C2CC2)cc1. The zero-order chi connectivity index (χ0) is 18.3. The highest BCUT2D eigenvalue weighted by Crippen LogP contribution is 2.39. The maximum atomic E-state index is 13.5. The molecule has 3 aromatic rings. The van der Waals surface area contributed by atoms with Crippen molar-refractivity contribution in [2.45, 2.75) is 25.4 Å². The molecule has 0 aliphatic heterocycles. The van der Waals surface area contributed by atoms with Crippen molar-refractivity contribution < 1.29 is 13.9 Å². The van der Waals surface area contributed by atoms with Crippen LogP contribution in [-0.2, 0) is 6.54 Å². The van der Waals surface area contributed by atoms with E-state index in [1.165, 1.54) is 23.5 Å². The molecule has 4 rings (SSSR count). The fourth-order valence-corrected chi connectivity index (χ4v) is 4.48. The molecule has 0 unspecified atom stereocenters. The Labute approximate surface area is 159 Å². The zero-order valence-corrected chi connectivity index (χ0v) is 15.7. The number of nitrogens with zero attached hydrogens (tertiary/aromatic N) is 1. The van der Waals surface area contributed by atoms with Gasteiger partial charge in [-0.25, -0.2) is 4.39 Å². The molecular formula is C20H17ClFNO2S. The molecule has 1 aliphatic carbocycles. The lowest BCUT2D eigenvalue weighted by Gasteiger charge is -2.22. The second kappa shape index (κ2) is 6.89. The van der Waals surface area contributed by atoms with Gasteiger partial charge in [-0.3, -0.25) is 4.79 Å². The van der Waals surface area contributed by atoms with Gasteiger partial charge in [-0.1, -0.05) is 23.7 Å². The molecule has 1 amide bonds. The predicted octanol–water partition coefficient (Wildman–Crippen LogP) is 5.51. The summed E-state index contributed by atoms with van der Waals surface area (Å²) in [6.45, 7) is 0.520. The number of carbonyl (C=O) groups is 1. The third-order valence-corrected chi connectivity index (χ3v) is 6.19. The number of ether oxygens (including phenoxy) is 1. The van der Waals surface area contributed by atoms with Gasteiger partial charge in [0, 0.05) is 22.7 Å². The minimum atomic E-state index is -0.327. The Kier molecular flexibility index (Phi) is 4.59. The topological polar surface area (TPSA) is 29.5 Å². The molecule has 1 aliphatic rings. The summed E-state index contributed by atoms with van der Waals surface area (Å²) in [6.07, 6.45) is 2.00. The van der Waals surface area contributed by atoms with Gasteiger partial charge in [0.1, 0.15) is 16.4 Å². The number of amides is 1. The predicted molar refractivity (Wildman–Crippen MR) is 103 cm³/mol. The summed E-state index contributed by atoms with van der Waals surface area (Å²) in [7, 11) is 1.63. The van der Waals surface area contributed by atoms with Gasteiger partial charge in [0.2, 0.25) is 0 Å². The van der Waals surface area contributed by atoms with E-state index in [9.17, 15) is 9.18 Å². The molecule has 1 heterocycles. The van der Waals surface area contributed by atoms with E-state index in [-0.39, 0.29) is 17.8 Å². The molecule has 3 nitrogen and oxygen atoms in total. The summed E-state index contributed by atoms with van der Waals surface area (Å²) >= 11 is 7.69. The Hall–Kier alpha value is -2.11. The van der Waals surface area contributed by atoms with Crippen LogP contribution in [0.5, 0.6) is 5.75 Å². The highest BCUT2D eigenvalue weighted by atomic mass is 35.5. The van der Waals surface area contributed by atoms with Crippen LogP contribution < -0.4 is 4.74 Å². The first-order chi connectivity index (χ1) is 12.6. The molecule has 6 heteroatoms. The highest BCUT2D eigenvalue weighted by molar-refractivity contribution is 7.21. The lowest BCUT2D eigenvalue weighted by molar-refractivity contribution is 0.0735. The Morgan fingerprint density at radius 2 is 2.00 bits per heavy atom. The van der Waals surface area contributed by atoms with E-state index in [0.29, 0.717) is 21.1 Å². The Balaban J connectivity index is 1.64. The summed E-state index contributed by atoms with van der Waals surface area (Å²) in [4.78, 5) is 15.5. The van der Waals surface area contributed by atoms with Gasteiger partial charge >= 0.3 is 0 Å². The molecule has 0 bridgehead atoms. The number of thiophene rings is 1. The van der Waals surface area contributed by atoms with E-state index in [4.69, 9.17) is 16.3 Å². The maximum Gasteiger partial charge on any atom is 0.266 e. The maximum absolute atomic E-state index is 13.5. The summed E-state index contributed by atoms with van der Waals surface area (Å²) in [5.74, 6) is 0.370.